The monoisotopic (exact) mass is 463 g/mol. The first-order valence-electron chi connectivity index (χ1n) is 11.0. The Labute approximate surface area is 190 Å². The third-order valence-corrected chi connectivity index (χ3v) is 8.08. The van der Waals surface area contributed by atoms with Gasteiger partial charge in [-0.05, 0) is 36.3 Å². The maximum atomic E-state index is 13.2. The second kappa shape index (κ2) is 8.50. The van der Waals surface area contributed by atoms with Crippen molar-refractivity contribution in [2.24, 2.45) is 0 Å². The molecule has 0 spiro atoms. The topological polar surface area (TPSA) is 104 Å². The second-order valence-electron chi connectivity index (χ2n) is 9.92. The fourth-order valence-electron chi connectivity index (χ4n) is 4.34. The average Bonchev–Trinajstić information content (AvgIpc) is 3.17. The van der Waals surface area contributed by atoms with Crippen molar-refractivity contribution in [1.82, 2.24) is 15.1 Å². The van der Waals surface area contributed by atoms with Gasteiger partial charge in [0.15, 0.2) is 9.84 Å². The number of imide groups is 1. The number of hydrogen-bond donors (Lipinski definition) is 1. The molecule has 32 heavy (non-hydrogen) atoms. The highest BCUT2D eigenvalue weighted by Crippen LogP contribution is 2.31. The zero-order chi connectivity index (χ0) is 23.9. The molecule has 0 aliphatic carbocycles. The summed E-state index contributed by atoms with van der Waals surface area (Å²) in [5.41, 5.74) is 0.443. The first-order chi connectivity index (χ1) is 14.8. The fourth-order valence-corrected chi connectivity index (χ4v) is 6.07. The summed E-state index contributed by atoms with van der Waals surface area (Å²) in [5, 5.41) is 2.73. The molecule has 9 heteroatoms. The quantitative estimate of drug-likeness (QED) is 0.651. The highest BCUT2D eigenvalue weighted by Gasteiger charge is 2.50. The minimum absolute atomic E-state index is 0.0444. The van der Waals surface area contributed by atoms with Gasteiger partial charge in [-0.25, -0.2) is 13.2 Å². The fraction of sp³-hybridized carbons (Fsp3) is 0.609. The first-order valence-corrected chi connectivity index (χ1v) is 12.9. The van der Waals surface area contributed by atoms with Crippen molar-refractivity contribution < 1.29 is 22.8 Å². The molecule has 2 aliphatic rings. The Morgan fingerprint density at radius 3 is 2.34 bits per heavy atom. The van der Waals surface area contributed by atoms with Gasteiger partial charge in [-0.1, -0.05) is 52.0 Å². The highest BCUT2D eigenvalue weighted by atomic mass is 32.2. The minimum Gasteiger partial charge on any atom is -0.337 e. The van der Waals surface area contributed by atoms with Crippen molar-refractivity contribution in [3.63, 3.8) is 0 Å². The Balaban J connectivity index is 1.78. The molecular weight excluding hydrogens is 430 g/mol. The van der Waals surface area contributed by atoms with Gasteiger partial charge in [0.25, 0.3) is 5.91 Å². The molecular formula is C23H33N3O5S. The van der Waals surface area contributed by atoms with Gasteiger partial charge >= 0.3 is 6.03 Å². The van der Waals surface area contributed by atoms with Crippen molar-refractivity contribution in [2.75, 3.05) is 24.6 Å². The zero-order valence-corrected chi connectivity index (χ0v) is 20.3. The molecule has 0 radical (unpaired) electrons. The van der Waals surface area contributed by atoms with Crippen LogP contribution in [0.15, 0.2) is 24.3 Å². The van der Waals surface area contributed by atoms with Crippen molar-refractivity contribution in [2.45, 2.75) is 64.5 Å². The molecule has 4 amide bonds. The number of nitrogens with zero attached hydrogens (tertiary/aromatic N) is 2. The van der Waals surface area contributed by atoms with Crippen LogP contribution in [0.1, 0.15) is 58.6 Å². The first kappa shape index (κ1) is 24.2. The largest absolute Gasteiger partial charge is 0.337 e. The molecule has 2 aliphatic heterocycles. The molecule has 1 aromatic carbocycles. The summed E-state index contributed by atoms with van der Waals surface area (Å²) in [5.74, 6) is -0.923. The molecule has 8 nitrogen and oxygen atoms in total. The number of urea groups is 1. The normalized spacial score (nSPS) is 25.2. The van der Waals surface area contributed by atoms with Crippen LogP contribution in [0.5, 0.6) is 0 Å². The summed E-state index contributed by atoms with van der Waals surface area (Å²) in [6.45, 7) is 9.80. The Kier molecular flexibility index (Phi) is 6.43. The predicted molar refractivity (Wildman–Crippen MR) is 122 cm³/mol. The van der Waals surface area contributed by atoms with Crippen LogP contribution in [0, 0.1) is 0 Å². The van der Waals surface area contributed by atoms with E-state index in [1.165, 1.54) is 4.90 Å². The Morgan fingerprint density at radius 2 is 1.84 bits per heavy atom. The van der Waals surface area contributed by atoms with Crippen molar-refractivity contribution >= 4 is 27.7 Å². The molecule has 0 bridgehead atoms. The van der Waals surface area contributed by atoms with E-state index in [0.717, 1.165) is 10.5 Å². The molecule has 2 fully saturated rings. The third kappa shape index (κ3) is 4.67. The van der Waals surface area contributed by atoms with Crippen LogP contribution >= 0.6 is 0 Å². The third-order valence-electron chi connectivity index (χ3n) is 6.33. The van der Waals surface area contributed by atoms with Gasteiger partial charge in [0.1, 0.15) is 12.1 Å². The maximum absolute atomic E-state index is 13.2. The summed E-state index contributed by atoms with van der Waals surface area (Å²) in [4.78, 5) is 41.4. The summed E-state index contributed by atoms with van der Waals surface area (Å²) < 4.78 is 23.8. The van der Waals surface area contributed by atoms with Gasteiger partial charge in [0, 0.05) is 12.6 Å². The van der Waals surface area contributed by atoms with E-state index in [4.69, 9.17) is 0 Å². The van der Waals surface area contributed by atoms with Crippen LogP contribution in [-0.2, 0) is 30.4 Å². The van der Waals surface area contributed by atoms with E-state index in [-0.39, 0.29) is 16.9 Å². The van der Waals surface area contributed by atoms with Crippen LogP contribution in [0.2, 0.25) is 0 Å². The van der Waals surface area contributed by atoms with Crippen LogP contribution in [0.25, 0.3) is 0 Å². The van der Waals surface area contributed by atoms with E-state index < -0.39 is 45.8 Å². The lowest BCUT2D eigenvalue weighted by Crippen LogP contribution is -2.48. The Morgan fingerprint density at radius 1 is 1.22 bits per heavy atom. The summed E-state index contributed by atoms with van der Waals surface area (Å²) >= 11 is 0. The number of nitrogens with one attached hydrogen (secondary N) is 1. The lowest BCUT2D eigenvalue weighted by atomic mass is 9.84. The Hall–Kier alpha value is -2.42. The number of amides is 4. The Bertz CT molecular complexity index is 1010. The smallest absolute Gasteiger partial charge is 0.325 e. The molecule has 2 unspecified atom stereocenters. The number of carbonyl (C=O) groups excluding carboxylic acids is 3. The molecule has 0 saturated carbocycles. The average molecular weight is 464 g/mol. The molecule has 2 heterocycles. The number of carbonyl (C=O) groups is 3. The summed E-state index contributed by atoms with van der Waals surface area (Å²) in [6, 6.07) is 6.51. The molecule has 3 rings (SSSR count). The molecule has 1 N–H and O–H groups in total. The van der Waals surface area contributed by atoms with E-state index >= 15 is 0 Å². The van der Waals surface area contributed by atoms with Crippen molar-refractivity contribution in [3.05, 3.63) is 35.4 Å². The summed E-state index contributed by atoms with van der Waals surface area (Å²) in [6.07, 6.45) is 1.03. The summed E-state index contributed by atoms with van der Waals surface area (Å²) in [7, 11) is -3.16. The lowest BCUT2D eigenvalue weighted by molar-refractivity contribution is -0.140. The van der Waals surface area contributed by atoms with E-state index in [1.807, 2.05) is 31.2 Å². The van der Waals surface area contributed by atoms with E-state index in [1.54, 1.807) is 6.92 Å². The lowest BCUT2D eigenvalue weighted by Gasteiger charge is -2.29. The standard InChI is InChI=1S/C23H33N3O5S/c1-6-12-25(18-11-13-32(30,31)15-18)19(27)14-26-20(28)23(5,24-21(26)29)17-9-7-16(8-10-17)22(2,3)4/h7-10,18H,6,11-15H2,1-5H3,(H,24,29). The van der Waals surface area contributed by atoms with Gasteiger partial charge in [0.2, 0.25) is 5.91 Å². The van der Waals surface area contributed by atoms with Gasteiger partial charge in [0.05, 0.1) is 11.5 Å². The van der Waals surface area contributed by atoms with E-state index in [2.05, 4.69) is 26.1 Å². The van der Waals surface area contributed by atoms with Crippen LogP contribution in [0.4, 0.5) is 4.79 Å². The van der Waals surface area contributed by atoms with Gasteiger partial charge in [-0.15, -0.1) is 0 Å². The highest BCUT2D eigenvalue weighted by molar-refractivity contribution is 7.91. The molecule has 0 aromatic heterocycles. The van der Waals surface area contributed by atoms with Crippen LogP contribution in [-0.4, -0.2) is 66.7 Å². The maximum Gasteiger partial charge on any atom is 0.325 e. The number of hydrogen-bond acceptors (Lipinski definition) is 5. The number of rotatable bonds is 6. The molecule has 2 atom stereocenters. The second-order valence-corrected chi connectivity index (χ2v) is 12.1. The van der Waals surface area contributed by atoms with Crippen LogP contribution in [0.3, 0.4) is 0 Å². The van der Waals surface area contributed by atoms with Gasteiger partial charge in [-0.3, -0.25) is 14.5 Å². The number of benzene rings is 1. The predicted octanol–water partition coefficient (Wildman–Crippen LogP) is 2.18. The van der Waals surface area contributed by atoms with Crippen molar-refractivity contribution in [1.29, 1.82) is 0 Å². The van der Waals surface area contributed by atoms with E-state index in [0.29, 0.717) is 24.9 Å². The zero-order valence-electron chi connectivity index (χ0n) is 19.5. The SMILES string of the molecule is CCCN(C(=O)CN1C(=O)NC(C)(c2ccc(C(C)(C)C)cc2)C1=O)C1CCS(=O)(=O)C1. The van der Waals surface area contributed by atoms with Gasteiger partial charge in [-0.2, -0.15) is 0 Å². The van der Waals surface area contributed by atoms with Gasteiger partial charge < -0.3 is 10.2 Å². The molecule has 2 saturated heterocycles. The minimum atomic E-state index is -3.16. The number of sulfone groups is 1. The molecule has 1 aromatic rings. The van der Waals surface area contributed by atoms with E-state index in [9.17, 15) is 22.8 Å². The van der Waals surface area contributed by atoms with Crippen LogP contribution < -0.4 is 5.32 Å². The molecule has 176 valence electrons. The van der Waals surface area contributed by atoms with Crippen molar-refractivity contribution in [3.8, 4) is 0 Å².